The third kappa shape index (κ3) is 8.03. The van der Waals surface area contributed by atoms with Gasteiger partial charge in [0, 0.05) is 29.3 Å². The Hall–Kier alpha value is -4.47. The highest BCUT2D eigenvalue weighted by Gasteiger charge is 2.64. The molecule has 3 heterocycles. The van der Waals surface area contributed by atoms with Crippen LogP contribution in [0.5, 0.6) is 11.8 Å². The molecule has 14 nitrogen and oxygen atoms in total. The average Bonchev–Trinajstić information content (AvgIpc) is 4.02. The SMILES string of the molecule is CCOc1cc2ccccc2c(O[C@@H]2C[C@H]3C(=O)N[C@]4(C(=O)NS(=O)(=O)C5(CF)CC5)C[C@H]4C=CCC[C@H](C)C[C@@H](C)[C@H](N(C(=O)O)C(C)(C)C)C(=O)N3C2)n1. The number of fused-ring (bicyclic) bond motifs is 3. The highest BCUT2D eigenvalue weighted by atomic mass is 32.2. The van der Waals surface area contributed by atoms with E-state index in [0.29, 0.717) is 37.1 Å². The van der Waals surface area contributed by atoms with Crippen molar-refractivity contribution >= 4 is 44.6 Å². The second-order valence-corrected chi connectivity index (χ2v) is 19.1. The summed E-state index contributed by atoms with van der Waals surface area (Å²) < 4.78 is 52.9. The Labute approximate surface area is 327 Å². The molecular formula is C40H54FN5O9S. The molecule has 4 aliphatic rings. The zero-order chi connectivity index (χ0) is 40.8. The number of carbonyl (C=O) groups is 4. The predicted octanol–water partition coefficient (Wildman–Crippen LogP) is 4.96. The summed E-state index contributed by atoms with van der Waals surface area (Å²) >= 11 is 0. The number of aromatic nitrogens is 1. The quantitative estimate of drug-likeness (QED) is 0.293. The van der Waals surface area contributed by atoms with Gasteiger partial charge >= 0.3 is 6.09 Å². The van der Waals surface area contributed by atoms with E-state index in [4.69, 9.17) is 9.47 Å². The standard InChI is InChI=1S/C40H54FN5O9S/c1-7-54-31-19-26-13-9-11-15-29(26)34(42-31)55-28-20-30-33(47)43-40(36(49)44-56(52,53)39(23-41)16-17-39)21-27(40)14-10-8-12-24(2)18-25(3)32(35(48)45(30)22-28)46(37(50)51)38(4,5)6/h9-11,13-15,19,24-25,27-28,30,32H,7-8,12,16-18,20-23H2,1-6H3,(H,43,47)(H,44,49)(H,50,51)/t24-,25+,27+,28+,30-,32-,40+/m0/s1. The lowest BCUT2D eigenvalue weighted by Crippen LogP contribution is -2.62. The number of benzene rings is 1. The average molecular weight is 800 g/mol. The number of nitrogens with zero attached hydrogens (tertiary/aromatic N) is 3. The maximum Gasteiger partial charge on any atom is 0.408 e. The second-order valence-electron chi connectivity index (χ2n) is 17.0. The monoisotopic (exact) mass is 799 g/mol. The number of ether oxygens (including phenoxy) is 2. The number of rotatable bonds is 9. The van der Waals surface area contributed by atoms with E-state index in [2.05, 4.69) is 15.0 Å². The third-order valence-corrected chi connectivity index (χ3v) is 13.8. The van der Waals surface area contributed by atoms with E-state index >= 15 is 4.79 Å². The number of amides is 4. The second kappa shape index (κ2) is 15.5. The van der Waals surface area contributed by atoms with Gasteiger partial charge in [-0.25, -0.2) is 17.6 Å². The van der Waals surface area contributed by atoms with Crippen molar-refractivity contribution in [3.05, 3.63) is 42.5 Å². The molecule has 16 heteroatoms. The summed E-state index contributed by atoms with van der Waals surface area (Å²) in [4.78, 5) is 63.7. The molecule has 2 saturated carbocycles. The molecule has 1 saturated heterocycles. The van der Waals surface area contributed by atoms with Gasteiger partial charge in [0.2, 0.25) is 33.6 Å². The van der Waals surface area contributed by atoms with E-state index < -0.39 is 86.4 Å². The first kappa shape index (κ1) is 41.2. The summed E-state index contributed by atoms with van der Waals surface area (Å²) in [5.41, 5.74) is -2.68. The van der Waals surface area contributed by atoms with E-state index in [9.17, 15) is 32.3 Å². The van der Waals surface area contributed by atoms with Crippen LogP contribution >= 0.6 is 0 Å². The Kier molecular flexibility index (Phi) is 11.4. The van der Waals surface area contributed by atoms with Gasteiger partial charge in [-0.15, -0.1) is 0 Å². The van der Waals surface area contributed by atoms with Crippen molar-refractivity contribution < 1.29 is 46.6 Å². The van der Waals surface area contributed by atoms with Crippen molar-refractivity contribution in [2.24, 2.45) is 17.8 Å². The summed E-state index contributed by atoms with van der Waals surface area (Å²) in [5.74, 6) is -2.69. The van der Waals surface area contributed by atoms with Crippen LogP contribution in [0.25, 0.3) is 10.8 Å². The molecule has 3 N–H and O–H groups in total. The van der Waals surface area contributed by atoms with Crippen LogP contribution in [0.3, 0.4) is 0 Å². The zero-order valence-electron chi connectivity index (χ0n) is 32.9. The number of carbonyl (C=O) groups excluding carboxylic acids is 3. The number of sulfonamides is 1. The highest BCUT2D eigenvalue weighted by Crippen LogP contribution is 2.48. The van der Waals surface area contributed by atoms with Crippen LogP contribution in [-0.2, 0) is 24.4 Å². The van der Waals surface area contributed by atoms with Crippen LogP contribution in [-0.4, -0.2) is 106 Å². The molecule has 1 aromatic carbocycles. The normalized spacial score (nSPS) is 29.2. The Morgan fingerprint density at radius 1 is 1.16 bits per heavy atom. The molecule has 4 amide bonds. The molecule has 306 valence electrons. The molecular weight excluding hydrogens is 746 g/mol. The molecule has 0 radical (unpaired) electrons. The number of nitrogens with one attached hydrogen (secondary N) is 2. The number of hydrogen-bond donors (Lipinski definition) is 3. The van der Waals surface area contributed by atoms with Crippen LogP contribution in [0.4, 0.5) is 9.18 Å². The number of halogens is 1. The van der Waals surface area contributed by atoms with E-state index in [1.165, 1.54) is 4.90 Å². The Morgan fingerprint density at radius 2 is 1.88 bits per heavy atom. The lowest BCUT2D eigenvalue weighted by atomic mass is 9.85. The maximum atomic E-state index is 15.1. The number of carboxylic acid groups (broad SMARTS) is 1. The summed E-state index contributed by atoms with van der Waals surface area (Å²) in [6.45, 7) is 9.95. The van der Waals surface area contributed by atoms with Crippen molar-refractivity contribution in [1.82, 2.24) is 24.8 Å². The lowest BCUT2D eigenvalue weighted by molar-refractivity contribution is -0.146. The fraction of sp³-hybridized carbons (Fsp3) is 0.625. The molecule has 0 bridgehead atoms. The summed E-state index contributed by atoms with van der Waals surface area (Å²) in [6, 6.07) is 6.76. The first-order valence-electron chi connectivity index (χ1n) is 19.5. The largest absolute Gasteiger partial charge is 0.478 e. The Bertz CT molecular complexity index is 2000. The van der Waals surface area contributed by atoms with Crippen LogP contribution < -0.4 is 19.5 Å². The van der Waals surface area contributed by atoms with E-state index in [1.54, 1.807) is 32.9 Å². The number of hydrogen-bond acceptors (Lipinski definition) is 9. The molecule has 6 rings (SSSR count). The number of alkyl halides is 1. The summed E-state index contributed by atoms with van der Waals surface area (Å²) in [5, 5.41) is 14.9. The van der Waals surface area contributed by atoms with E-state index in [0.717, 1.165) is 10.3 Å². The maximum absolute atomic E-state index is 15.1. The van der Waals surface area contributed by atoms with Gasteiger partial charge in [-0.3, -0.25) is 24.0 Å². The molecule has 2 aliphatic heterocycles. The predicted molar refractivity (Wildman–Crippen MR) is 206 cm³/mol. The lowest BCUT2D eigenvalue weighted by Gasteiger charge is -2.43. The Balaban J connectivity index is 1.40. The molecule has 7 atom stereocenters. The minimum Gasteiger partial charge on any atom is -0.478 e. The highest BCUT2D eigenvalue weighted by molar-refractivity contribution is 7.91. The van der Waals surface area contributed by atoms with Crippen LogP contribution in [0.15, 0.2) is 42.5 Å². The third-order valence-electron chi connectivity index (χ3n) is 11.7. The molecule has 2 aromatic rings. The summed E-state index contributed by atoms with van der Waals surface area (Å²) in [6.07, 6.45) is 3.60. The van der Waals surface area contributed by atoms with Gasteiger partial charge in [0.1, 0.15) is 35.1 Å². The molecule has 1 aromatic heterocycles. The van der Waals surface area contributed by atoms with Crippen LogP contribution in [0.1, 0.15) is 86.5 Å². The van der Waals surface area contributed by atoms with Crippen molar-refractivity contribution in [1.29, 1.82) is 0 Å². The van der Waals surface area contributed by atoms with Crippen LogP contribution in [0, 0.1) is 17.8 Å². The van der Waals surface area contributed by atoms with Gasteiger partial charge in [-0.2, -0.15) is 4.98 Å². The van der Waals surface area contributed by atoms with Gasteiger partial charge in [-0.1, -0.05) is 44.2 Å². The smallest absolute Gasteiger partial charge is 0.408 e. The van der Waals surface area contributed by atoms with Crippen molar-refractivity contribution in [2.45, 2.75) is 121 Å². The molecule has 56 heavy (non-hydrogen) atoms. The fourth-order valence-corrected chi connectivity index (χ4v) is 9.76. The van der Waals surface area contributed by atoms with Crippen molar-refractivity contribution in [3.63, 3.8) is 0 Å². The van der Waals surface area contributed by atoms with Gasteiger partial charge in [0.15, 0.2) is 0 Å². The Morgan fingerprint density at radius 3 is 2.52 bits per heavy atom. The zero-order valence-corrected chi connectivity index (χ0v) is 33.7. The first-order chi connectivity index (χ1) is 26.4. The minimum absolute atomic E-state index is 0.0476. The van der Waals surface area contributed by atoms with Crippen LogP contribution in [0.2, 0.25) is 0 Å². The minimum atomic E-state index is -4.40. The fourth-order valence-electron chi connectivity index (χ4n) is 8.33. The van der Waals surface area contributed by atoms with Gasteiger partial charge < -0.3 is 24.8 Å². The van der Waals surface area contributed by atoms with Crippen molar-refractivity contribution in [3.8, 4) is 11.8 Å². The topological polar surface area (TPSA) is 185 Å². The van der Waals surface area contributed by atoms with Gasteiger partial charge in [0.25, 0.3) is 5.91 Å². The number of pyridine rings is 1. The van der Waals surface area contributed by atoms with Crippen molar-refractivity contribution in [2.75, 3.05) is 19.8 Å². The van der Waals surface area contributed by atoms with E-state index in [-0.39, 0.29) is 44.0 Å². The first-order valence-corrected chi connectivity index (χ1v) is 21.0. The van der Waals surface area contributed by atoms with E-state index in [1.807, 2.05) is 51.1 Å². The number of allylic oxidation sites excluding steroid dienone is 1. The van der Waals surface area contributed by atoms with Gasteiger partial charge in [-0.05, 0) is 89.5 Å². The summed E-state index contributed by atoms with van der Waals surface area (Å²) in [7, 11) is -4.40. The molecule has 0 spiro atoms. The molecule has 0 unspecified atom stereocenters. The van der Waals surface area contributed by atoms with Gasteiger partial charge in [0.05, 0.1) is 13.2 Å². The molecule has 3 fully saturated rings. The molecule has 2 aliphatic carbocycles.